The first-order valence-electron chi connectivity index (χ1n) is 17.2. The molecule has 11 rings (SSSR count). The number of hydrogen-bond donors (Lipinski definition) is 0. The monoisotopic (exact) mass is 684 g/mol. The number of nitrogens with zero attached hydrogens (tertiary/aromatic N) is 2. The van der Waals surface area contributed by atoms with Crippen molar-refractivity contribution in [3.8, 4) is 11.3 Å². The van der Waals surface area contributed by atoms with Crippen LogP contribution in [0.1, 0.15) is 0 Å². The molecule has 0 radical (unpaired) electrons. The third-order valence-electron chi connectivity index (χ3n) is 10.3. The van der Waals surface area contributed by atoms with Gasteiger partial charge in [-0.25, -0.2) is 0 Å². The number of rotatable bonds is 4. The highest BCUT2D eigenvalue weighted by Gasteiger charge is 2.18. The van der Waals surface area contributed by atoms with Crippen LogP contribution in [-0.4, -0.2) is 4.98 Å². The molecule has 0 saturated heterocycles. The number of fused-ring (bicyclic) bond motifs is 11. The van der Waals surface area contributed by atoms with Gasteiger partial charge in [0.2, 0.25) is 0 Å². The zero-order valence-corrected chi connectivity index (χ0v) is 29.0. The first-order valence-corrected chi connectivity index (χ1v) is 18.8. The summed E-state index contributed by atoms with van der Waals surface area (Å²) in [5.41, 5.74) is 5.44. The number of thiophene rings is 2. The highest BCUT2D eigenvalue weighted by atomic mass is 32.1. The summed E-state index contributed by atoms with van der Waals surface area (Å²) in [7, 11) is 0. The molecule has 2 nitrogen and oxygen atoms in total. The number of pyridine rings is 1. The molecule has 0 spiro atoms. The molecule has 11 aromatic rings. The molecule has 0 aliphatic carbocycles. The molecule has 0 unspecified atom stereocenters. The Bertz CT molecular complexity index is 3000. The van der Waals surface area contributed by atoms with Gasteiger partial charge in [0.25, 0.3) is 0 Å². The van der Waals surface area contributed by atoms with Gasteiger partial charge in [0.05, 0.1) is 5.69 Å². The van der Waals surface area contributed by atoms with E-state index < -0.39 is 0 Å². The van der Waals surface area contributed by atoms with Crippen molar-refractivity contribution in [3.63, 3.8) is 0 Å². The van der Waals surface area contributed by atoms with E-state index >= 15 is 0 Å². The lowest BCUT2D eigenvalue weighted by atomic mass is 10.0. The smallest absolute Gasteiger partial charge is 0.0708 e. The molecule has 8 aromatic carbocycles. The minimum atomic E-state index is 0.975. The van der Waals surface area contributed by atoms with E-state index in [0.717, 1.165) is 33.7 Å². The predicted molar refractivity (Wildman–Crippen MR) is 223 cm³/mol. The lowest BCUT2D eigenvalue weighted by Gasteiger charge is -2.26. The van der Waals surface area contributed by atoms with Gasteiger partial charge in [0.15, 0.2) is 0 Å². The Hall–Kier alpha value is -6.07. The minimum absolute atomic E-state index is 0.975. The first kappa shape index (κ1) is 28.7. The minimum Gasteiger partial charge on any atom is -0.310 e. The van der Waals surface area contributed by atoms with Gasteiger partial charge < -0.3 is 4.90 Å². The van der Waals surface area contributed by atoms with E-state index in [2.05, 4.69) is 169 Å². The molecule has 238 valence electrons. The Kier molecular flexibility index (Phi) is 6.32. The van der Waals surface area contributed by atoms with E-state index in [1.807, 2.05) is 28.9 Å². The van der Waals surface area contributed by atoms with E-state index in [4.69, 9.17) is 4.98 Å². The van der Waals surface area contributed by atoms with E-state index in [1.54, 1.807) is 0 Å². The van der Waals surface area contributed by atoms with Crippen LogP contribution in [0.25, 0.3) is 83.9 Å². The molecule has 0 atom stereocenters. The molecule has 3 aromatic heterocycles. The molecule has 0 fully saturated rings. The van der Waals surface area contributed by atoms with Gasteiger partial charge in [-0.15, -0.1) is 22.7 Å². The van der Waals surface area contributed by atoms with Gasteiger partial charge in [-0.2, -0.15) is 0 Å². The molecule has 3 heterocycles. The van der Waals surface area contributed by atoms with Crippen molar-refractivity contribution in [2.45, 2.75) is 0 Å². The number of aromatic nitrogens is 1. The summed E-state index contributed by atoms with van der Waals surface area (Å²) in [5.74, 6) is 0. The number of hydrogen-bond acceptors (Lipinski definition) is 4. The van der Waals surface area contributed by atoms with Crippen molar-refractivity contribution in [2.24, 2.45) is 0 Å². The second-order valence-corrected chi connectivity index (χ2v) is 15.3. The molecular formula is C47H28N2S2. The van der Waals surface area contributed by atoms with E-state index in [0.29, 0.717) is 0 Å². The van der Waals surface area contributed by atoms with Crippen LogP contribution in [0.2, 0.25) is 0 Å². The van der Waals surface area contributed by atoms with Crippen LogP contribution in [0, 0.1) is 0 Å². The van der Waals surface area contributed by atoms with Crippen LogP contribution in [0.5, 0.6) is 0 Å². The van der Waals surface area contributed by atoms with Gasteiger partial charge in [-0.3, -0.25) is 4.98 Å². The zero-order chi connectivity index (χ0) is 33.5. The first-order chi connectivity index (χ1) is 25.2. The highest BCUT2D eigenvalue weighted by molar-refractivity contribution is 7.27. The van der Waals surface area contributed by atoms with E-state index in [1.165, 1.54) is 67.3 Å². The molecular weight excluding hydrogens is 657 g/mol. The Labute approximate surface area is 302 Å². The average Bonchev–Trinajstić information content (AvgIpc) is 3.77. The van der Waals surface area contributed by atoms with Crippen molar-refractivity contribution in [2.75, 3.05) is 4.90 Å². The van der Waals surface area contributed by atoms with E-state index in [-0.39, 0.29) is 0 Å². The van der Waals surface area contributed by atoms with Crippen LogP contribution in [0.15, 0.2) is 170 Å². The molecule has 51 heavy (non-hydrogen) atoms. The predicted octanol–water partition coefficient (Wildman–Crippen LogP) is 14.4. The van der Waals surface area contributed by atoms with Crippen molar-refractivity contribution in [3.05, 3.63) is 170 Å². The van der Waals surface area contributed by atoms with Crippen molar-refractivity contribution >= 4 is 112 Å². The van der Waals surface area contributed by atoms with Gasteiger partial charge in [0.1, 0.15) is 0 Å². The maximum Gasteiger partial charge on any atom is 0.0708 e. The molecule has 0 amide bonds. The van der Waals surface area contributed by atoms with Gasteiger partial charge >= 0.3 is 0 Å². The summed E-state index contributed by atoms with van der Waals surface area (Å²) in [6, 6.07) is 59.9. The molecule has 0 N–H and O–H groups in total. The largest absolute Gasteiger partial charge is 0.310 e. The van der Waals surface area contributed by atoms with Crippen LogP contribution in [0.4, 0.5) is 17.1 Å². The Balaban J connectivity index is 1.12. The quantitative estimate of drug-likeness (QED) is 0.183. The lowest BCUT2D eigenvalue weighted by Crippen LogP contribution is -2.10. The normalized spacial score (nSPS) is 11.9. The van der Waals surface area contributed by atoms with Crippen molar-refractivity contribution in [1.29, 1.82) is 0 Å². The number of benzene rings is 8. The van der Waals surface area contributed by atoms with Crippen LogP contribution >= 0.6 is 22.7 Å². The average molecular weight is 685 g/mol. The summed E-state index contributed by atoms with van der Waals surface area (Å²) in [6.07, 6.45) is 1.97. The summed E-state index contributed by atoms with van der Waals surface area (Å²) in [6.45, 7) is 0. The molecule has 4 heteroatoms. The second-order valence-electron chi connectivity index (χ2n) is 13.2. The Morgan fingerprint density at radius 3 is 1.49 bits per heavy atom. The fourth-order valence-corrected chi connectivity index (χ4v) is 10.2. The molecule has 0 aliphatic rings. The third-order valence-corrected chi connectivity index (χ3v) is 12.7. The molecule has 0 aliphatic heterocycles. The standard InChI is InChI=1S/C47H28N2S2/c1-2-8-33-28-48-43(25-32(33)7-1)31-15-19-34(20-16-31)49(35-21-13-29-17-23-39-37-9-3-5-11-44(37)50-46(39)41(29)26-35)36-22-14-30-18-24-40-38-10-4-6-12-45(38)51-47(40)42(30)27-36/h1-28H. The van der Waals surface area contributed by atoms with Crippen molar-refractivity contribution in [1.82, 2.24) is 4.98 Å². The summed E-state index contributed by atoms with van der Waals surface area (Å²) in [4.78, 5) is 7.23. The second kappa shape index (κ2) is 11.2. The summed E-state index contributed by atoms with van der Waals surface area (Å²) in [5, 5.41) is 12.7. The fraction of sp³-hybridized carbons (Fsp3) is 0. The molecule has 0 bridgehead atoms. The number of anilines is 3. The maximum atomic E-state index is 4.82. The summed E-state index contributed by atoms with van der Waals surface area (Å²) < 4.78 is 5.31. The van der Waals surface area contributed by atoms with E-state index in [9.17, 15) is 0 Å². The van der Waals surface area contributed by atoms with Crippen LogP contribution in [0.3, 0.4) is 0 Å². The van der Waals surface area contributed by atoms with Gasteiger partial charge in [-0.1, -0.05) is 109 Å². The maximum absolute atomic E-state index is 4.82. The van der Waals surface area contributed by atoms with Gasteiger partial charge in [-0.05, 0) is 70.8 Å². The fourth-order valence-electron chi connectivity index (χ4n) is 7.73. The SMILES string of the molecule is c1ccc2cc(-c3ccc(N(c4ccc5ccc6c7ccccc7sc6c5c4)c4ccc5ccc6c7ccccc7sc6c5c4)cc3)ncc2c1. The highest BCUT2D eigenvalue weighted by Crippen LogP contribution is 2.44. The Morgan fingerprint density at radius 2 is 0.882 bits per heavy atom. The van der Waals surface area contributed by atoms with Crippen LogP contribution < -0.4 is 4.90 Å². The zero-order valence-electron chi connectivity index (χ0n) is 27.4. The lowest BCUT2D eigenvalue weighted by molar-refractivity contribution is 1.29. The topological polar surface area (TPSA) is 16.1 Å². The third kappa shape index (κ3) is 4.58. The van der Waals surface area contributed by atoms with Gasteiger partial charge in [0, 0.05) is 85.3 Å². The van der Waals surface area contributed by atoms with Crippen LogP contribution in [-0.2, 0) is 0 Å². The molecule has 0 saturated carbocycles. The van der Waals surface area contributed by atoms with Crippen molar-refractivity contribution < 1.29 is 0 Å². The Morgan fingerprint density at radius 1 is 0.373 bits per heavy atom. The summed E-state index contributed by atoms with van der Waals surface area (Å²) >= 11 is 3.77.